The summed E-state index contributed by atoms with van der Waals surface area (Å²) in [6.45, 7) is 0. The molecule has 11 heteroatoms. The van der Waals surface area contributed by atoms with Crippen LogP contribution in [0.25, 0.3) is 0 Å². The minimum Gasteiger partial charge on any atom is -0.469 e. The molecule has 0 unspecified atom stereocenters. The second-order valence-electron chi connectivity index (χ2n) is 3.57. The van der Waals surface area contributed by atoms with E-state index in [0.717, 1.165) is 7.11 Å². The van der Waals surface area contributed by atoms with Gasteiger partial charge < -0.3 is 9.47 Å². The van der Waals surface area contributed by atoms with Crippen LogP contribution in [0.4, 0.5) is 26.3 Å². The minimum atomic E-state index is -5.34. The van der Waals surface area contributed by atoms with Crippen LogP contribution >= 0.6 is 22.6 Å². The van der Waals surface area contributed by atoms with Gasteiger partial charge in [0.2, 0.25) is 5.88 Å². The summed E-state index contributed by atoms with van der Waals surface area (Å²) < 4.78 is 81.9. The lowest BCUT2D eigenvalue weighted by molar-refractivity contribution is -0.277. The molecular formula is C10H6F6INO3. The third-order valence-corrected chi connectivity index (χ3v) is 3.00. The third-order valence-electron chi connectivity index (χ3n) is 2.07. The monoisotopic (exact) mass is 429 g/mol. The largest absolute Gasteiger partial charge is 0.574 e. The maximum atomic E-state index is 12.7. The molecule has 0 saturated carbocycles. The molecule has 0 aromatic carbocycles. The van der Waals surface area contributed by atoms with Gasteiger partial charge in [0.05, 0.1) is 19.2 Å². The summed E-state index contributed by atoms with van der Waals surface area (Å²) in [4.78, 5) is 14.2. The first-order valence-corrected chi connectivity index (χ1v) is 6.11. The molecule has 118 valence electrons. The second-order valence-corrected chi connectivity index (χ2v) is 4.73. The standard InChI is InChI=1S/C10H6F6INO3/c1-20-7(19)3-6-5(17)2-4(9(11,12)13)8(18-6)21-10(14,15)16/h2H,3H2,1H3. The zero-order valence-corrected chi connectivity index (χ0v) is 12.3. The number of rotatable bonds is 3. The van der Waals surface area contributed by atoms with Gasteiger partial charge in [-0.05, 0) is 28.7 Å². The molecule has 1 heterocycles. The number of ether oxygens (including phenoxy) is 2. The quantitative estimate of drug-likeness (QED) is 0.421. The molecule has 21 heavy (non-hydrogen) atoms. The number of carbonyl (C=O) groups excluding carboxylic acids is 1. The summed E-state index contributed by atoms with van der Waals surface area (Å²) in [5.41, 5.74) is -1.99. The van der Waals surface area contributed by atoms with Gasteiger partial charge in [-0.2, -0.15) is 13.2 Å². The predicted molar refractivity (Wildman–Crippen MR) is 64.4 cm³/mol. The van der Waals surface area contributed by atoms with Gasteiger partial charge in [-0.15, -0.1) is 13.2 Å². The smallest absolute Gasteiger partial charge is 0.469 e. The van der Waals surface area contributed by atoms with E-state index in [9.17, 15) is 31.1 Å². The fourth-order valence-electron chi connectivity index (χ4n) is 1.23. The van der Waals surface area contributed by atoms with Gasteiger partial charge in [-0.3, -0.25) is 4.79 Å². The maximum Gasteiger partial charge on any atom is 0.574 e. The molecule has 0 radical (unpaired) electrons. The topological polar surface area (TPSA) is 48.4 Å². The number of hydrogen-bond acceptors (Lipinski definition) is 4. The molecule has 1 rings (SSSR count). The molecule has 0 bridgehead atoms. The van der Waals surface area contributed by atoms with Crippen molar-refractivity contribution >= 4 is 28.6 Å². The fourth-order valence-corrected chi connectivity index (χ4v) is 1.85. The Morgan fingerprint density at radius 1 is 1.29 bits per heavy atom. The number of pyridine rings is 1. The first-order chi connectivity index (χ1) is 9.44. The van der Waals surface area contributed by atoms with Crippen molar-refractivity contribution in [3.05, 3.63) is 20.9 Å². The van der Waals surface area contributed by atoms with Gasteiger partial charge >= 0.3 is 18.5 Å². The van der Waals surface area contributed by atoms with Gasteiger partial charge in [0, 0.05) is 3.57 Å². The SMILES string of the molecule is COC(=O)Cc1nc(OC(F)(F)F)c(C(F)(F)F)cc1I. The lowest BCUT2D eigenvalue weighted by Crippen LogP contribution is -2.22. The van der Waals surface area contributed by atoms with Crippen molar-refractivity contribution in [3.8, 4) is 5.88 Å². The van der Waals surface area contributed by atoms with Gasteiger partial charge in [0.25, 0.3) is 0 Å². The molecule has 0 aliphatic rings. The van der Waals surface area contributed by atoms with E-state index in [1.807, 2.05) is 0 Å². The molecule has 1 aromatic rings. The second kappa shape index (κ2) is 6.23. The summed E-state index contributed by atoms with van der Waals surface area (Å²) in [7, 11) is 1.02. The summed E-state index contributed by atoms with van der Waals surface area (Å²) >= 11 is 1.42. The Kier molecular flexibility index (Phi) is 5.28. The van der Waals surface area contributed by atoms with Crippen molar-refractivity contribution in [1.82, 2.24) is 4.98 Å². The molecular weight excluding hydrogens is 423 g/mol. The lowest BCUT2D eigenvalue weighted by atomic mass is 10.2. The number of methoxy groups -OCH3 is 1. The average Bonchev–Trinajstić information content (AvgIpc) is 2.29. The highest BCUT2D eigenvalue weighted by Gasteiger charge is 2.41. The van der Waals surface area contributed by atoms with Crippen LogP contribution < -0.4 is 4.74 Å². The van der Waals surface area contributed by atoms with Gasteiger partial charge in [-0.1, -0.05) is 0 Å². The van der Waals surface area contributed by atoms with Crippen LogP contribution in [0.3, 0.4) is 0 Å². The Morgan fingerprint density at radius 2 is 1.86 bits per heavy atom. The minimum absolute atomic E-state index is 0.139. The molecule has 0 saturated heterocycles. The van der Waals surface area contributed by atoms with Gasteiger partial charge in [0.15, 0.2) is 0 Å². The van der Waals surface area contributed by atoms with E-state index < -0.39 is 36.4 Å². The molecule has 1 aromatic heterocycles. The van der Waals surface area contributed by atoms with Crippen molar-refractivity contribution < 1.29 is 40.6 Å². The van der Waals surface area contributed by atoms with Crippen molar-refractivity contribution in [3.63, 3.8) is 0 Å². The van der Waals surface area contributed by atoms with Crippen LogP contribution in [0, 0.1) is 3.57 Å². The first-order valence-electron chi connectivity index (χ1n) is 5.03. The molecule has 0 spiro atoms. The lowest BCUT2D eigenvalue weighted by Gasteiger charge is -2.16. The molecule has 0 N–H and O–H groups in total. The van der Waals surface area contributed by atoms with Crippen LogP contribution in [0.1, 0.15) is 11.3 Å². The zero-order chi connectivity index (χ0) is 16.4. The highest BCUT2D eigenvalue weighted by Crippen LogP contribution is 2.38. The van der Waals surface area contributed by atoms with E-state index in [4.69, 9.17) is 0 Å². The van der Waals surface area contributed by atoms with Crippen LogP contribution in [0.2, 0.25) is 0 Å². The number of esters is 1. The van der Waals surface area contributed by atoms with Crippen LogP contribution in [-0.4, -0.2) is 24.4 Å². The van der Waals surface area contributed by atoms with E-state index in [1.54, 1.807) is 0 Å². The Balaban J connectivity index is 3.34. The Hall–Kier alpha value is -1.27. The van der Waals surface area contributed by atoms with Crippen molar-refractivity contribution in [1.29, 1.82) is 0 Å². The van der Waals surface area contributed by atoms with E-state index in [-0.39, 0.29) is 9.26 Å². The highest BCUT2D eigenvalue weighted by atomic mass is 127. The number of hydrogen-bond donors (Lipinski definition) is 0. The summed E-state index contributed by atoms with van der Waals surface area (Å²) in [5, 5.41) is 0. The number of nitrogens with zero attached hydrogens (tertiary/aromatic N) is 1. The highest BCUT2D eigenvalue weighted by molar-refractivity contribution is 14.1. The van der Waals surface area contributed by atoms with Crippen LogP contribution in [0.5, 0.6) is 5.88 Å². The molecule has 0 aliphatic heterocycles. The first kappa shape index (κ1) is 17.8. The predicted octanol–water partition coefficient (Wildman–Crippen LogP) is 3.32. The fraction of sp³-hybridized carbons (Fsp3) is 0.400. The van der Waals surface area contributed by atoms with E-state index in [1.165, 1.54) is 22.6 Å². The average molecular weight is 429 g/mol. The third kappa shape index (κ3) is 5.21. The van der Waals surface area contributed by atoms with Gasteiger partial charge in [0.1, 0.15) is 5.56 Å². The van der Waals surface area contributed by atoms with Crippen molar-refractivity contribution in [2.75, 3.05) is 7.11 Å². The maximum absolute atomic E-state index is 12.7. The molecule has 0 aliphatic carbocycles. The number of alkyl halides is 6. The van der Waals surface area contributed by atoms with Crippen LogP contribution in [-0.2, 0) is 22.1 Å². The van der Waals surface area contributed by atoms with Gasteiger partial charge in [-0.25, -0.2) is 4.98 Å². The summed E-state index contributed by atoms with van der Waals surface area (Å²) in [5.74, 6) is -2.52. The van der Waals surface area contributed by atoms with E-state index in [0.29, 0.717) is 6.07 Å². The molecule has 4 nitrogen and oxygen atoms in total. The Labute approximate surface area is 127 Å². The summed E-state index contributed by atoms with van der Waals surface area (Å²) in [6, 6.07) is 0.424. The number of halogens is 7. The Bertz CT molecular complexity index is 543. The molecule has 0 fully saturated rings. The van der Waals surface area contributed by atoms with Crippen molar-refractivity contribution in [2.24, 2.45) is 0 Å². The zero-order valence-electron chi connectivity index (χ0n) is 10.1. The summed E-state index contributed by atoms with van der Waals surface area (Å²) in [6.07, 6.45) is -11.0. The normalized spacial score (nSPS) is 12.2. The van der Waals surface area contributed by atoms with Crippen molar-refractivity contribution in [2.45, 2.75) is 19.0 Å². The van der Waals surface area contributed by atoms with E-state index >= 15 is 0 Å². The number of aromatic nitrogens is 1. The number of carbonyl (C=O) groups is 1. The van der Waals surface area contributed by atoms with E-state index in [2.05, 4.69) is 14.5 Å². The molecule has 0 amide bonds. The molecule has 0 atom stereocenters. The van der Waals surface area contributed by atoms with Crippen LogP contribution in [0.15, 0.2) is 6.07 Å². The Morgan fingerprint density at radius 3 is 2.29 bits per heavy atom.